The standard InChI is InChI=1S/C17H29NO2/c1-6-20-12-16(13(2)3)18-14(4)11-15-9-7-8-10-17(15)19-5/h7-10,13-14,16,18H,6,11-12H2,1-5H3. The summed E-state index contributed by atoms with van der Waals surface area (Å²) in [6.45, 7) is 10.2. The van der Waals surface area contributed by atoms with Gasteiger partial charge in [-0.25, -0.2) is 0 Å². The summed E-state index contributed by atoms with van der Waals surface area (Å²) in [5.41, 5.74) is 1.24. The van der Waals surface area contributed by atoms with Gasteiger partial charge in [-0.2, -0.15) is 0 Å². The van der Waals surface area contributed by atoms with Crippen LogP contribution in [0.2, 0.25) is 0 Å². The van der Waals surface area contributed by atoms with Gasteiger partial charge in [-0.15, -0.1) is 0 Å². The number of nitrogens with one attached hydrogen (secondary N) is 1. The van der Waals surface area contributed by atoms with Gasteiger partial charge in [0.05, 0.1) is 13.7 Å². The second-order valence-electron chi connectivity index (χ2n) is 5.59. The minimum Gasteiger partial charge on any atom is -0.496 e. The van der Waals surface area contributed by atoms with E-state index < -0.39 is 0 Å². The summed E-state index contributed by atoms with van der Waals surface area (Å²) in [5, 5.41) is 3.67. The van der Waals surface area contributed by atoms with E-state index >= 15 is 0 Å². The maximum atomic E-state index is 5.57. The van der Waals surface area contributed by atoms with Crippen molar-refractivity contribution in [2.24, 2.45) is 5.92 Å². The Kier molecular flexibility index (Phi) is 7.63. The van der Waals surface area contributed by atoms with Crippen molar-refractivity contribution in [3.8, 4) is 5.75 Å². The van der Waals surface area contributed by atoms with Crippen LogP contribution in [0.1, 0.15) is 33.3 Å². The van der Waals surface area contributed by atoms with E-state index in [0.29, 0.717) is 18.0 Å². The molecule has 0 fully saturated rings. The van der Waals surface area contributed by atoms with Crippen LogP contribution in [0.4, 0.5) is 0 Å². The number of rotatable bonds is 9. The first-order valence-corrected chi connectivity index (χ1v) is 7.54. The lowest BCUT2D eigenvalue weighted by molar-refractivity contribution is 0.104. The SMILES string of the molecule is CCOCC(NC(C)Cc1ccccc1OC)C(C)C. The molecule has 0 aromatic heterocycles. The van der Waals surface area contributed by atoms with Crippen LogP contribution in [0.3, 0.4) is 0 Å². The highest BCUT2D eigenvalue weighted by Gasteiger charge is 2.17. The predicted molar refractivity (Wildman–Crippen MR) is 84.4 cm³/mol. The van der Waals surface area contributed by atoms with Crippen molar-refractivity contribution in [3.05, 3.63) is 29.8 Å². The molecule has 1 rings (SSSR count). The molecule has 0 bridgehead atoms. The third-order valence-corrected chi connectivity index (χ3v) is 3.52. The molecule has 0 saturated carbocycles. The highest BCUT2D eigenvalue weighted by molar-refractivity contribution is 5.33. The van der Waals surface area contributed by atoms with Crippen molar-refractivity contribution in [1.29, 1.82) is 0 Å². The summed E-state index contributed by atoms with van der Waals surface area (Å²) in [6.07, 6.45) is 0.958. The normalized spacial score (nSPS) is 14.3. The summed E-state index contributed by atoms with van der Waals surface area (Å²) >= 11 is 0. The molecule has 3 nitrogen and oxygen atoms in total. The monoisotopic (exact) mass is 279 g/mol. The maximum Gasteiger partial charge on any atom is 0.122 e. The molecule has 1 aromatic rings. The van der Waals surface area contributed by atoms with Crippen LogP contribution in [0, 0.1) is 5.92 Å². The number of hydrogen-bond acceptors (Lipinski definition) is 3. The Balaban J connectivity index is 2.58. The van der Waals surface area contributed by atoms with E-state index in [1.165, 1.54) is 5.56 Å². The molecule has 1 N–H and O–H groups in total. The number of ether oxygens (including phenoxy) is 2. The number of methoxy groups -OCH3 is 1. The zero-order valence-corrected chi connectivity index (χ0v) is 13.5. The van der Waals surface area contributed by atoms with E-state index in [2.05, 4.69) is 38.2 Å². The quantitative estimate of drug-likeness (QED) is 0.752. The van der Waals surface area contributed by atoms with Crippen molar-refractivity contribution < 1.29 is 9.47 Å². The van der Waals surface area contributed by atoms with Gasteiger partial charge < -0.3 is 14.8 Å². The van der Waals surface area contributed by atoms with Crippen molar-refractivity contribution in [2.75, 3.05) is 20.3 Å². The highest BCUT2D eigenvalue weighted by atomic mass is 16.5. The molecule has 0 aliphatic heterocycles. The Labute approximate surface area is 123 Å². The Hall–Kier alpha value is -1.06. The Morgan fingerprint density at radius 1 is 1.15 bits per heavy atom. The minimum absolute atomic E-state index is 0.388. The molecular formula is C17H29NO2. The molecule has 0 amide bonds. The summed E-state index contributed by atoms with van der Waals surface area (Å²) in [6, 6.07) is 8.99. The van der Waals surface area contributed by atoms with E-state index in [4.69, 9.17) is 9.47 Å². The average Bonchev–Trinajstić information content (AvgIpc) is 2.43. The van der Waals surface area contributed by atoms with Crippen molar-refractivity contribution >= 4 is 0 Å². The van der Waals surface area contributed by atoms with Gasteiger partial charge in [0.25, 0.3) is 0 Å². The zero-order chi connectivity index (χ0) is 15.0. The van der Waals surface area contributed by atoms with E-state index in [9.17, 15) is 0 Å². The van der Waals surface area contributed by atoms with Gasteiger partial charge >= 0.3 is 0 Å². The van der Waals surface area contributed by atoms with Crippen LogP contribution in [0.15, 0.2) is 24.3 Å². The molecule has 0 aliphatic rings. The van der Waals surface area contributed by atoms with Gasteiger partial charge in [-0.3, -0.25) is 0 Å². The Bertz CT molecular complexity index is 379. The minimum atomic E-state index is 0.388. The van der Waals surface area contributed by atoms with Crippen LogP contribution in [-0.2, 0) is 11.2 Å². The second-order valence-corrected chi connectivity index (χ2v) is 5.59. The molecule has 2 atom stereocenters. The lowest BCUT2D eigenvalue weighted by Gasteiger charge is -2.26. The molecule has 0 heterocycles. The maximum absolute atomic E-state index is 5.57. The molecule has 0 spiro atoms. The van der Waals surface area contributed by atoms with Crippen LogP contribution in [0.25, 0.3) is 0 Å². The van der Waals surface area contributed by atoms with Crippen molar-refractivity contribution in [1.82, 2.24) is 5.32 Å². The van der Waals surface area contributed by atoms with E-state index in [0.717, 1.165) is 25.4 Å². The number of hydrogen-bond donors (Lipinski definition) is 1. The zero-order valence-electron chi connectivity index (χ0n) is 13.5. The van der Waals surface area contributed by atoms with Crippen LogP contribution >= 0.6 is 0 Å². The van der Waals surface area contributed by atoms with E-state index in [1.807, 2.05) is 19.1 Å². The third kappa shape index (κ3) is 5.51. The summed E-state index contributed by atoms with van der Waals surface area (Å²) in [5.74, 6) is 1.52. The topological polar surface area (TPSA) is 30.5 Å². The molecule has 114 valence electrons. The van der Waals surface area contributed by atoms with Crippen LogP contribution < -0.4 is 10.1 Å². The summed E-state index contributed by atoms with van der Waals surface area (Å²) in [7, 11) is 1.73. The second kappa shape index (κ2) is 8.98. The van der Waals surface area contributed by atoms with Gasteiger partial charge in [-0.05, 0) is 37.8 Å². The lowest BCUT2D eigenvalue weighted by atomic mass is 10.0. The highest BCUT2D eigenvalue weighted by Crippen LogP contribution is 2.19. The lowest BCUT2D eigenvalue weighted by Crippen LogP contribution is -2.44. The summed E-state index contributed by atoms with van der Waals surface area (Å²) in [4.78, 5) is 0. The molecular weight excluding hydrogens is 250 g/mol. The Morgan fingerprint density at radius 2 is 1.85 bits per heavy atom. The van der Waals surface area contributed by atoms with Crippen molar-refractivity contribution in [2.45, 2.75) is 46.2 Å². The van der Waals surface area contributed by atoms with Crippen molar-refractivity contribution in [3.63, 3.8) is 0 Å². The van der Waals surface area contributed by atoms with Gasteiger partial charge in [0.1, 0.15) is 5.75 Å². The van der Waals surface area contributed by atoms with Gasteiger partial charge in [0, 0.05) is 18.7 Å². The first kappa shape index (κ1) is 17.0. The predicted octanol–water partition coefficient (Wildman–Crippen LogP) is 3.28. The van der Waals surface area contributed by atoms with E-state index in [1.54, 1.807) is 7.11 Å². The molecule has 0 radical (unpaired) electrons. The average molecular weight is 279 g/mol. The van der Waals surface area contributed by atoms with Gasteiger partial charge in [-0.1, -0.05) is 32.0 Å². The number of benzene rings is 1. The molecule has 2 unspecified atom stereocenters. The van der Waals surface area contributed by atoms with Gasteiger partial charge in [0.15, 0.2) is 0 Å². The third-order valence-electron chi connectivity index (χ3n) is 3.52. The first-order chi connectivity index (χ1) is 9.58. The molecule has 1 aromatic carbocycles. The Morgan fingerprint density at radius 3 is 2.45 bits per heavy atom. The molecule has 0 aliphatic carbocycles. The fourth-order valence-corrected chi connectivity index (χ4v) is 2.30. The fourth-order valence-electron chi connectivity index (χ4n) is 2.30. The molecule has 3 heteroatoms. The number of para-hydroxylation sites is 1. The first-order valence-electron chi connectivity index (χ1n) is 7.54. The van der Waals surface area contributed by atoms with Gasteiger partial charge in [0.2, 0.25) is 0 Å². The summed E-state index contributed by atoms with van der Waals surface area (Å²) < 4.78 is 11.0. The van der Waals surface area contributed by atoms with E-state index in [-0.39, 0.29) is 0 Å². The largest absolute Gasteiger partial charge is 0.496 e. The fraction of sp³-hybridized carbons (Fsp3) is 0.647. The molecule has 0 saturated heterocycles. The smallest absolute Gasteiger partial charge is 0.122 e. The molecule has 20 heavy (non-hydrogen) atoms. The van der Waals surface area contributed by atoms with Crippen LogP contribution in [-0.4, -0.2) is 32.4 Å². The van der Waals surface area contributed by atoms with Crippen LogP contribution in [0.5, 0.6) is 5.75 Å².